The number of nitrogens with one attached hydrogen (secondary N) is 1. The highest BCUT2D eigenvalue weighted by molar-refractivity contribution is 7.51. The molecule has 312 valence electrons. The highest BCUT2D eigenvalue weighted by atomic mass is 31.2. The fraction of sp³-hybridized carbons (Fsp3) is 0.694. The number of ether oxygens (including phenoxy) is 6. The molecule has 0 unspecified atom stereocenters. The summed E-state index contributed by atoms with van der Waals surface area (Å²) in [6.45, 7) is 16.4. The summed E-state index contributed by atoms with van der Waals surface area (Å²) >= 11 is 0. The van der Waals surface area contributed by atoms with Crippen molar-refractivity contribution in [3.63, 3.8) is 0 Å². The number of carbonyl (C=O) groups is 4. The lowest BCUT2D eigenvalue weighted by molar-refractivity contribution is -0.179. The van der Waals surface area contributed by atoms with Gasteiger partial charge < -0.3 is 34.2 Å². The molecule has 20 heteroatoms. The Bertz CT molecular complexity index is 1800. The van der Waals surface area contributed by atoms with E-state index in [1.807, 2.05) is 13.8 Å². The summed E-state index contributed by atoms with van der Waals surface area (Å²) in [5.41, 5.74) is 1.94. The van der Waals surface area contributed by atoms with E-state index in [9.17, 15) is 29.0 Å². The van der Waals surface area contributed by atoms with Crippen LogP contribution in [0.4, 0.5) is 10.6 Å². The fourth-order valence-corrected chi connectivity index (χ4v) is 6.53. The van der Waals surface area contributed by atoms with Crippen LogP contribution in [0.15, 0.2) is 18.5 Å². The van der Waals surface area contributed by atoms with Gasteiger partial charge in [-0.25, -0.2) is 23.9 Å². The van der Waals surface area contributed by atoms with Crippen LogP contribution in [-0.4, -0.2) is 89.1 Å². The molecule has 1 saturated heterocycles. The van der Waals surface area contributed by atoms with Crippen molar-refractivity contribution in [1.82, 2.24) is 19.7 Å². The van der Waals surface area contributed by atoms with Gasteiger partial charge in [0.05, 0.1) is 35.8 Å². The van der Waals surface area contributed by atoms with Crippen molar-refractivity contribution in [2.24, 2.45) is 16.7 Å². The molecule has 1 fully saturated rings. The Morgan fingerprint density at radius 1 is 1.02 bits per heavy atom. The molecule has 3 N–H and O–H groups in total. The summed E-state index contributed by atoms with van der Waals surface area (Å²) in [4.78, 5) is 56.1. The van der Waals surface area contributed by atoms with Gasteiger partial charge in [0, 0.05) is 0 Å². The quantitative estimate of drug-likeness (QED) is 0.0926. The van der Waals surface area contributed by atoms with Crippen LogP contribution < -0.4 is 10.8 Å². The maximum Gasteiger partial charge on any atom is 0.510 e. The molecule has 3 rings (SSSR count). The van der Waals surface area contributed by atoms with Gasteiger partial charge in [0.1, 0.15) is 30.1 Å². The highest BCUT2D eigenvalue weighted by Gasteiger charge is 2.63. The van der Waals surface area contributed by atoms with Crippen LogP contribution in [0.1, 0.15) is 94.7 Å². The van der Waals surface area contributed by atoms with Gasteiger partial charge in [0.2, 0.25) is 12.4 Å². The molecule has 0 radical (unpaired) electrons. The number of nitrogen functional groups attached to an aromatic ring is 1. The predicted octanol–water partition coefficient (Wildman–Crippen LogP) is 4.96. The summed E-state index contributed by atoms with van der Waals surface area (Å²) < 4.78 is 60.5. The summed E-state index contributed by atoms with van der Waals surface area (Å²) in [6.07, 6.45) is -3.76. The second-order valence-electron chi connectivity index (χ2n) is 15.6. The third kappa shape index (κ3) is 11.4. The van der Waals surface area contributed by atoms with Crippen molar-refractivity contribution in [3.8, 4) is 6.07 Å². The molecule has 0 saturated carbocycles. The van der Waals surface area contributed by atoms with E-state index in [0.717, 1.165) is 19.2 Å². The Kier molecular flexibility index (Phi) is 15.4. The van der Waals surface area contributed by atoms with Crippen LogP contribution >= 0.6 is 7.75 Å². The number of hydrogen-bond donors (Lipinski definition) is 2. The smallest absolute Gasteiger partial charge is 0.464 e. The Labute approximate surface area is 326 Å². The molecule has 0 aromatic carbocycles. The maximum atomic E-state index is 14.3. The topological polar surface area (TPSA) is 251 Å². The van der Waals surface area contributed by atoms with Gasteiger partial charge >= 0.3 is 31.8 Å². The van der Waals surface area contributed by atoms with Crippen molar-refractivity contribution >= 4 is 43.1 Å². The number of anilines is 1. The van der Waals surface area contributed by atoms with Crippen molar-refractivity contribution < 1.29 is 61.2 Å². The third-order valence-electron chi connectivity index (χ3n) is 8.59. The molecule has 56 heavy (non-hydrogen) atoms. The number of esters is 3. The zero-order valence-electron chi connectivity index (χ0n) is 33.9. The van der Waals surface area contributed by atoms with Gasteiger partial charge in [0.25, 0.3) is 0 Å². The number of carbonyl (C=O) groups excluding carboxylic acids is 4. The van der Waals surface area contributed by atoms with Crippen LogP contribution in [0.3, 0.4) is 0 Å². The Morgan fingerprint density at radius 3 is 2.21 bits per heavy atom. The molecule has 19 nitrogen and oxygen atoms in total. The average molecular weight is 811 g/mol. The van der Waals surface area contributed by atoms with Crippen molar-refractivity contribution in [3.05, 3.63) is 24.2 Å². The number of nitrogens with two attached hydrogens (primary N) is 1. The SMILES string of the molecule is CCC(CC)COC(=O)[C@H](C)N[P@](=O)(OCOC(=O)OC(C)C)OC[C@H]1O[C@@](C#N)(c2ccc3c(N)ncnn23)[C@H](OC(=O)C(C)(C)C)[C@@H]1OC(=O)C(C)(C)C. The second-order valence-corrected chi connectivity index (χ2v) is 17.4. The molecule has 0 aliphatic carbocycles. The number of fused-ring (bicyclic) bond motifs is 1. The minimum Gasteiger partial charge on any atom is -0.464 e. The first-order valence-electron chi connectivity index (χ1n) is 18.3. The summed E-state index contributed by atoms with van der Waals surface area (Å²) in [6, 6.07) is 3.80. The molecule has 1 aliphatic rings. The fourth-order valence-electron chi connectivity index (χ4n) is 5.19. The second kappa shape index (κ2) is 18.7. The lowest BCUT2D eigenvalue weighted by atomic mass is 9.90. The van der Waals surface area contributed by atoms with Gasteiger partial charge in [-0.2, -0.15) is 10.4 Å². The molecular formula is C36H55N6O13P. The first-order valence-corrected chi connectivity index (χ1v) is 19.8. The number of aromatic nitrogens is 3. The third-order valence-corrected chi connectivity index (χ3v) is 10.2. The van der Waals surface area contributed by atoms with Crippen LogP contribution in [0.2, 0.25) is 0 Å². The van der Waals surface area contributed by atoms with E-state index in [1.165, 1.54) is 23.6 Å². The Balaban J connectivity index is 2.10. The Hall–Kier alpha value is -4.34. The van der Waals surface area contributed by atoms with Crippen molar-refractivity contribution in [2.75, 3.05) is 25.7 Å². The molecule has 0 spiro atoms. The number of rotatable bonds is 17. The van der Waals surface area contributed by atoms with E-state index in [2.05, 4.69) is 21.2 Å². The minimum absolute atomic E-state index is 0.0265. The first-order chi connectivity index (χ1) is 26.0. The first kappa shape index (κ1) is 46.0. The number of nitriles is 1. The van der Waals surface area contributed by atoms with Gasteiger partial charge in [0.15, 0.2) is 18.0 Å². The van der Waals surface area contributed by atoms with Gasteiger partial charge in [-0.05, 0) is 80.4 Å². The zero-order chi connectivity index (χ0) is 42.2. The highest BCUT2D eigenvalue weighted by Crippen LogP contribution is 2.49. The molecular weight excluding hydrogens is 755 g/mol. The van der Waals surface area contributed by atoms with Crippen molar-refractivity contribution in [1.29, 1.82) is 5.26 Å². The largest absolute Gasteiger partial charge is 0.510 e. The molecule has 2 aromatic heterocycles. The van der Waals surface area contributed by atoms with Crippen LogP contribution in [0.5, 0.6) is 0 Å². The molecule has 2 aromatic rings. The van der Waals surface area contributed by atoms with E-state index >= 15 is 0 Å². The van der Waals surface area contributed by atoms with E-state index in [1.54, 1.807) is 55.4 Å². The van der Waals surface area contributed by atoms with Crippen LogP contribution in [-0.2, 0) is 62.0 Å². The minimum atomic E-state index is -4.69. The monoisotopic (exact) mass is 810 g/mol. The summed E-state index contributed by atoms with van der Waals surface area (Å²) in [5, 5.41) is 17.7. The van der Waals surface area contributed by atoms with E-state index < -0.39 is 92.1 Å². The lowest BCUT2D eigenvalue weighted by Crippen LogP contribution is -2.48. The van der Waals surface area contributed by atoms with E-state index in [4.69, 9.17) is 43.2 Å². The molecule has 0 bridgehead atoms. The van der Waals surface area contributed by atoms with Crippen molar-refractivity contribution in [2.45, 2.75) is 125 Å². The molecule has 0 amide bonds. The zero-order valence-corrected chi connectivity index (χ0v) is 34.7. The van der Waals surface area contributed by atoms with Gasteiger partial charge in [-0.3, -0.25) is 23.4 Å². The molecule has 6 atom stereocenters. The standard InChI is InChI=1S/C36H55N6O13P/c1-12-23(13-2)16-48-30(43)22(5)41-56(47,51-20-49-33(46)52-21(3)4)50-17-25-27(53-31(44)34(6,7)8)28(54-32(45)35(9,10)11)36(18-37,55-25)26-15-14-24-29(38)39-19-40-42(24)26/h14-15,19,21-23,25,27-28H,12-13,16-17,20H2,1-11H3,(H,41,47)(H2,38,39,40)/t22-,25+,27+,28+,36-,56+/m0/s1. The Morgan fingerprint density at radius 2 is 1.64 bits per heavy atom. The molecule has 3 heterocycles. The normalized spacial score (nSPS) is 21.6. The van der Waals surface area contributed by atoms with Gasteiger partial charge in [-0.1, -0.05) is 26.7 Å². The number of hydrogen-bond acceptors (Lipinski definition) is 17. The lowest BCUT2D eigenvalue weighted by Gasteiger charge is -2.32. The van der Waals surface area contributed by atoms with E-state index in [-0.39, 0.29) is 29.6 Å². The maximum absolute atomic E-state index is 14.3. The number of nitrogens with zero attached hydrogens (tertiary/aromatic N) is 4. The molecule has 1 aliphatic heterocycles. The van der Waals surface area contributed by atoms with Crippen LogP contribution in [0, 0.1) is 28.1 Å². The van der Waals surface area contributed by atoms with Gasteiger partial charge in [-0.15, -0.1) is 0 Å². The summed E-state index contributed by atoms with van der Waals surface area (Å²) in [5.74, 6) is -2.16. The summed E-state index contributed by atoms with van der Waals surface area (Å²) in [7, 11) is -4.69. The average Bonchev–Trinajstić information content (AvgIpc) is 3.67. The predicted molar refractivity (Wildman–Crippen MR) is 198 cm³/mol. The van der Waals surface area contributed by atoms with E-state index in [0.29, 0.717) is 0 Å². The van der Waals surface area contributed by atoms with Crippen LogP contribution in [0.25, 0.3) is 5.52 Å².